The summed E-state index contributed by atoms with van der Waals surface area (Å²) in [5.74, 6) is 0. The zero-order valence-corrected chi connectivity index (χ0v) is 9.09. The van der Waals surface area contributed by atoms with Gasteiger partial charge in [-0.15, -0.1) is 0 Å². The lowest BCUT2D eigenvalue weighted by Crippen LogP contribution is -2.29. The Morgan fingerprint density at radius 3 is 2.46 bits per heavy atom. The average Bonchev–Trinajstić information content (AvgIpc) is 2.31. The predicted octanol–water partition coefficient (Wildman–Crippen LogP) is 2.47. The van der Waals surface area contributed by atoms with Crippen LogP contribution in [0.25, 0.3) is 0 Å². The van der Waals surface area contributed by atoms with E-state index >= 15 is 0 Å². The molecule has 0 aromatic carbocycles. The van der Waals surface area contributed by atoms with E-state index < -0.39 is 0 Å². The molecule has 0 bridgehead atoms. The molecule has 0 atom stereocenters. The van der Waals surface area contributed by atoms with Crippen molar-refractivity contribution in [2.24, 2.45) is 5.41 Å². The van der Waals surface area contributed by atoms with E-state index in [2.05, 4.69) is 25.8 Å². The monoisotopic (exact) mass is 182 g/mol. The Labute approximate surface area is 79.8 Å². The van der Waals surface area contributed by atoms with Crippen LogP contribution < -0.4 is 4.90 Å². The fourth-order valence-corrected chi connectivity index (χ4v) is 1.30. The molecule has 3 nitrogen and oxygen atoms in total. The molecular weight excluding hydrogens is 164 g/mol. The largest absolute Gasteiger partial charge is 0.432 e. The second-order valence-corrected chi connectivity index (χ2v) is 4.69. The third-order valence-corrected chi connectivity index (χ3v) is 1.64. The minimum absolute atomic E-state index is 0.261. The minimum Gasteiger partial charge on any atom is -0.432 e. The van der Waals surface area contributed by atoms with Crippen molar-refractivity contribution in [1.82, 2.24) is 4.98 Å². The summed E-state index contributed by atoms with van der Waals surface area (Å²) in [6.07, 6.45) is 1.68. The fourth-order valence-electron chi connectivity index (χ4n) is 1.30. The summed E-state index contributed by atoms with van der Waals surface area (Å²) in [5, 5.41) is 0. The Morgan fingerprint density at radius 2 is 2.08 bits per heavy atom. The molecule has 1 heterocycles. The summed E-state index contributed by atoms with van der Waals surface area (Å²) in [6, 6.07) is 0.701. The number of hydrogen-bond acceptors (Lipinski definition) is 3. The van der Waals surface area contributed by atoms with Gasteiger partial charge in [0.25, 0.3) is 6.01 Å². The van der Waals surface area contributed by atoms with E-state index in [1.807, 2.05) is 18.9 Å². The normalized spacial score (nSPS) is 11.8. The van der Waals surface area contributed by atoms with Gasteiger partial charge in [0.1, 0.15) is 6.26 Å². The van der Waals surface area contributed by atoms with Crippen LogP contribution in [0.2, 0.25) is 0 Å². The van der Waals surface area contributed by atoms with Crippen LogP contribution in [0.3, 0.4) is 0 Å². The first-order valence-corrected chi connectivity index (χ1v) is 4.52. The maximum absolute atomic E-state index is 5.29. The maximum atomic E-state index is 5.29. The molecule has 1 aromatic heterocycles. The number of aryl methyl sites for hydroxylation is 1. The lowest BCUT2D eigenvalue weighted by atomic mass is 9.96. The Hall–Kier alpha value is -0.990. The molecule has 1 rings (SSSR count). The number of rotatable bonds is 2. The van der Waals surface area contributed by atoms with E-state index in [-0.39, 0.29) is 5.41 Å². The van der Waals surface area contributed by atoms with Gasteiger partial charge in [-0.25, -0.2) is 0 Å². The summed E-state index contributed by atoms with van der Waals surface area (Å²) in [5.41, 5.74) is 1.19. The van der Waals surface area contributed by atoms with Gasteiger partial charge < -0.3 is 9.32 Å². The SMILES string of the molecule is Cc1coc(N(C)CC(C)(C)C)n1. The number of hydrogen-bond donors (Lipinski definition) is 0. The fraction of sp³-hybridized carbons (Fsp3) is 0.700. The molecule has 0 spiro atoms. The van der Waals surface area contributed by atoms with Crippen LogP contribution in [-0.4, -0.2) is 18.6 Å². The Morgan fingerprint density at radius 1 is 1.46 bits per heavy atom. The highest BCUT2D eigenvalue weighted by Crippen LogP contribution is 2.19. The molecule has 0 aliphatic carbocycles. The van der Waals surface area contributed by atoms with Crippen LogP contribution in [0.5, 0.6) is 0 Å². The van der Waals surface area contributed by atoms with E-state index in [0.717, 1.165) is 12.2 Å². The molecule has 74 valence electrons. The standard InChI is InChI=1S/C10H18N2O/c1-8-6-13-9(11-8)12(5)7-10(2,3)4/h6H,7H2,1-5H3. The zero-order chi connectivity index (χ0) is 10.1. The van der Waals surface area contributed by atoms with Crippen molar-refractivity contribution in [2.75, 3.05) is 18.5 Å². The lowest BCUT2D eigenvalue weighted by molar-refractivity contribution is 0.403. The molecule has 0 aliphatic heterocycles. The topological polar surface area (TPSA) is 29.3 Å². The molecule has 0 saturated heterocycles. The molecule has 0 amide bonds. The number of oxazole rings is 1. The first-order valence-electron chi connectivity index (χ1n) is 4.52. The molecule has 3 heteroatoms. The number of anilines is 1. The van der Waals surface area contributed by atoms with E-state index in [1.165, 1.54) is 0 Å². The molecule has 1 aromatic rings. The van der Waals surface area contributed by atoms with Crippen molar-refractivity contribution >= 4 is 6.01 Å². The highest BCUT2D eigenvalue weighted by Gasteiger charge is 2.16. The molecule has 13 heavy (non-hydrogen) atoms. The lowest BCUT2D eigenvalue weighted by Gasteiger charge is -2.25. The third-order valence-electron chi connectivity index (χ3n) is 1.64. The summed E-state index contributed by atoms with van der Waals surface area (Å²) >= 11 is 0. The minimum atomic E-state index is 0.261. The van der Waals surface area contributed by atoms with Crippen molar-refractivity contribution in [3.05, 3.63) is 12.0 Å². The van der Waals surface area contributed by atoms with Gasteiger partial charge in [-0.2, -0.15) is 4.98 Å². The van der Waals surface area contributed by atoms with Gasteiger partial charge in [0.15, 0.2) is 0 Å². The second kappa shape index (κ2) is 3.40. The van der Waals surface area contributed by atoms with E-state index in [9.17, 15) is 0 Å². The van der Waals surface area contributed by atoms with Crippen LogP contribution in [0.4, 0.5) is 6.01 Å². The predicted molar refractivity (Wildman–Crippen MR) is 54.0 cm³/mol. The highest BCUT2D eigenvalue weighted by atomic mass is 16.4. The van der Waals surface area contributed by atoms with Gasteiger partial charge in [0.2, 0.25) is 0 Å². The van der Waals surface area contributed by atoms with Gasteiger partial charge in [-0.1, -0.05) is 20.8 Å². The molecule has 0 radical (unpaired) electrons. The first kappa shape index (κ1) is 10.1. The van der Waals surface area contributed by atoms with Crippen molar-refractivity contribution in [3.8, 4) is 0 Å². The van der Waals surface area contributed by atoms with E-state index in [1.54, 1.807) is 6.26 Å². The van der Waals surface area contributed by atoms with Gasteiger partial charge >= 0.3 is 0 Å². The molecule has 0 N–H and O–H groups in total. The molecule has 0 saturated carbocycles. The van der Waals surface area contributed by atoms with Gasteiger partial charge in [0, 0.05) is 13.6 Å². The Kier molecular flexibility index (Phi) is 2.64. The van der Waals surface area contributed by atoms with Crippen molar-refractivity contribution in [1.29, 1.82) is 0 Å². The Balaban J connectivity index is 2.64. The quantitative estimate of drug-likeness (QED) is 0.703. The van der Waals surface area contributed by atoms with Crippen LogP contribution in [-0.2, 0) is 0 Å². The van der Waals surface area contributed by atoms with Gasteiger partial charge in [-0.3, -0.25) is 0 Å². The molecule has 0 aliphatic rings. The number of aromatic nitrogens is 1. The van der Waals surface area contributed by atoms with Crippen LogP contribution in [0, 0.1) is 12.3 Å². The highest BCUT2D eigenvalue weighted by molar-refractivity contribution is 5.25. The van der Waals surface area contributed by atoms with Crippen molar-refractivity contribution in [3.63, 3.8) is 0 Å². The van der Waals surface area contributed by atoms with Crippen LogP contribution >= 0.6 is 0 Å². The zero-order valence-electron chi connectivity index (χ0n) is 9.09. The van der Waals surface area contributed by atoms with Gasteiger partial charge in [-0.05, 0) is 12.3 Å². The maximum Gasteiger partial charge on any atom is 0.297 e. The average molecular weight is 182 g/mol. The molecule has 0 unspecified atom stereocenters. The third kappa shape index (κ3) is 3.09. The Bertz CT molecular complexity index is 273. The smallest absolute Gasteiger partial charge is 0.297 e. The van der Waals surface area contributed by atoms with E-state index in [4.69, 9.17) is 4.42 Å². The summed E-state index contributed by atoms with van der Waals surface area (Å²) in [7, 11) is 2.00. The summed E-state index contributed by atoms with van der Waals surface area (Å²) < 4.78 is 5.29. The van der Waals surface area contributed by atoms with Crippen LogP contribution in [0.1, 0.15) is 26.5 Å². The molecular formula is C10H18N2O. The van der Waals surface area contributed by atoms with Gasteiger partial charge in [0.05, 0.1) is 5.69 Å². The van der Waals surface area contributed by atoms with Crippen molar-refractivity contribution in [2.45, 2.75) is 27.7 Å². The summed E-state index contributed by atoms with van der Waals surface area (Å²) in [6.45, 7) is 9.45. The second-order valence-electron chi connectivity index (χ2n) is 4.69. The van der Waals surface area contributed by atoms with Crippen molar-refractivity contribution < 1.29 is 4.42 Å². The number of nitrogens with zero attached hydrogens (tertiary/aromatic N) is 2. The molecule has 0 fully saturated rings. The summed E-state index contributed by atoms with van der Waals surface area (Å²) in [4.78, 5) is 6.29. The first-order chi connectivity index (χ1) is 5.88. The van der Waals surface area contributed by atoms with E-state index in [0.29, 0.717) is 6.01 Å². The van der Waals surface area contributed by atoms with Crippen LogP contribution in [0.15, 0.2) is 10.7 Å².